The summed E-state index contributed by atoms with van der Waals surface area (Å²) in [5.74, 6) is 1.00. The lowest BCUT2D eigenvalue weighted by atomic mass is 9.95. The quantitative estimate of drug-likeness (QED) is 0.705. The standard InChI is InChI=1S/C20H32O5/c1-7-8-15-11-17(25-20(2,3)24-15)10-14-9-16(22-5)12-19(23-6)18(14)13-21-4/h9,12,15,17H,7-8,10-11,13H2,1-6H3/t15-,17-/m0/s1. The third kappa shape index (κ3) is 5.33. The van der Waals surface area contributed by atoms with Crippen LogP contribution in [0.4, 0.5) is 0 Å². The molecule has 1 aliphatic rings. The van der Waals surface area contributed by atoms with Gasteiger partial charge in [0.15, 0.2) is 5.79 Å². The fourth-order valence-corrected chi connectivity index (χ4v) is 3.55. The highest BCUT2D eigenvalue weighted by atomic mass is 16.7. The molecule has 1 aromatic rings. The van der Waals surface area contributed by atoms with Crippen molar-refractivity contribution in [1.82, 2.24) is 0 Å². The molecule has 142 valence electrons. The molecule has 0 radical (unpaired) electrons. The molecule has 0 unspecified atom stereocenters. The Bertz CT molecular complexity index is 555. The molecule has 0 spiro atoms. The summed E-state index contributed by atoms with van der Waals surface area (Å²) in [6, 6.07) is 3.95. The summed E-state index contributed by atoms with van der Waals surface area (Å²) in [7, 11) is 5.03. The van der Waals surface area contributed by atoms with E-state index in [9.17, 15) is 0 Å². The van der Waals surface area contributed by atoms with Crippen LogP contribution in [0.25, 0.3) is 0 Å². The molecule has 1 aromatic carbocycles. The van der Waals surface area contributed by atoms with E-state index >= 15 is 0 Å². The molecule has 0 aromatic heterocycles. The Balaban J connectivity index is 2.27. The van der Waals surface area contributed by atoms with Crippen molar-refractivity contribution in [3.63, 3.8) is 0 Å². The van der Waals surface area contributed by atoms with Crippen LogP contribution in [0.15, 0.2) is 12.1 Å². The van der Waals surface area contributed by atoms with Crippen LogP contribution in [0.5, 0.6) is 11.5 Å². The van der Waals surface area contributed by atoms with Gasteiger partial charge in [0.1, 0.15) is 11.5 Å². The molecule has 5 nitrogen and oxygen atoms in total. The van der Waals surface area contributed by atoms with Crippen LogP contribution in [-0.4, -0.2) is 39.3 Å². The lowest BCUT2D eigenvalue weighted by Crippen LogP contribution is -2.45. The van der Waals surface area contributed by atoms with E-state index in [1.165, 1.54) is 0 Å². The van der Waals surface area contributed by atoms with E-state index in [-0.39, 0.29) is 12.2 Å². The minimum atomic E-state index is -0.562. The second-order valence-corrected chi connectivity index (χ2v) is 7.01. The van der Waals surface area contributed by atoms with E-state index in [1.54, 1.807) is 21.3 Å². The van der Waals surface area contributed by atoms with E-state index < -0.39 is 5.79 Å². The summed E-state index contributed by atoms with van der Waals surface area (Å²) >= 11 is 0. The first kappa shape index (κ1) is 20.0. The average molecular weight is 352 g/mol. The van der Waals surface area contributed by atoms with Crippen molar-refractivity contribution >= 4 is 0 Å². The van der Waals surface area contributed by atoms with Crippen molar-refractivity contribution in [3.05, 3.63) is 23.3 Å². The van der Waals surface area contributed by atoms with E-state index in [0.29, 0.717) is 6.61 Å². The van der Waals surface area contributed by atoms with Crippen LogP contribution in [0.2, 0.25) is 0 Å². The van der Waals surface area contributed by atoms with Gasteiger partial charge >= 0.3 is 0 Å². The van der Waals surface area contributed by atoms with E-state index in [1.807, 2.05) is 19.9 Å². The predicted octanol–water partition coefficient (Wildman–Crippen LogP) is 4.10. The molecule has 1 aliphatic heterocycles. The van der Waals surface area contributed by atoms with Gasteiger partial charge in [0.25, 0.3) is 0 Å². The van der Waals surface area contributed by atoms with E-state index in [2.05, 4.69) is 13.0 Å². The largest absolute Gasteiger partial charge is 0.497 e. The maximum atomic E-state index is 6.19. The fourth-order valence-electron chi connectivity index (χ4n) is 3.55. The summed E-state index contributed by atoms with van der Waals surface area (Å²) in [6.07, 6.45) is 4.15. The fraction of sp³-hybridized carbons (Fsp3) is 0.700. The zero-order valence-electron chi connectivity index (χ0n) is 16.4. The van der Waals surface area contributed by atoms with Gasteiger partial charge in [0, 0.05) is 25.2 Å². The van der Waals surface area contributed by atoms with Crippen molar-refractivity contribution in [1.29, 1.82) is 0 Å². The van der Waals surface area contributed by atoms with E-state index in [4.69, 9.17) is 23.7 Å². The maximum Gasteiger partial charge on any atom is 0.163 e. The molecule has 5 heteroatoms. The Morgan fingerprint density at radius 1 is 1.08 bits per heavy atom. The third-order valence-electron chi connectivity index (χ3n) is 4.50. The molecule has 0 amide bonds. The van der Waals surface area contributed by atoms with Crippen molar-refractivity contribution < 1.29 is 23.7 Å². The normalized spacial score (nSPS) is 22.6. The maximum absolute atomic E-state index is 6.19. The van der Waals surface area contributed by atoms with Gasteiger partial charge in [-0.05, 0) is 38.3 Å². The van der Waals surface area contributed by atoms with Crippen molar-refractivity contribution in [2.24, 2.45) is 0 Å². The number of benzene rings is 1. The molecular weight excluding hydrogens is 320 g/mol. The van der Waals surface area contributed by atoms with Crippen molar-refractivity contribution in [2.45, 2.75) is 71.1 Å². The number of methoxy groups -OCH3 is 3. The van der Waals surface area contributed by atoms with Crippen LogP contribution in [0.1, 0.15) is 51.2 Å². The highest BCUT2D eigenvalue weighted by Gasteiger charge is 2.35. The minimum absolute atomic E-state index is 0.0905. The van der Waals surface area contributed by atoms with Gasteiger partial charge in [-0.1, -0.05) is 13.3 Å². The Hall–Kier alpha value is -1.30. The molecule has 0 N–H and O–H groups in total. The summed E-state index contributed by atoms with van der Waals surface area (Å²) < 4.78 is 28.6. The molecular formula is C20H32O5. The van der Waals surface area contributed by atoms with Gasteiger partial charge in [-0.15, -0.1) is 0 Å². The third-order valence-corrected chi connectivity index (χ3v) is 4.50. The monoisotopic (exact) mass is 352 g/mol. The number of hydrogen-bond acceptors (Lipinski definition) is 5. The molecule has 25 heavy (non-hydrogen) atoms. The first-order chi connectivity index (χ1) is 11.9. The first-order valence-corrected chi connectivity index (χ1v) is 9.00. The smallest absolute Gasteiger partial charge is 0.163 e. The van der Waals surface area contributed by atoms with Crippen molar-refractivity contribution in [2.75, 3.05) is 21.3 Å². The topological polar surface area (TPSA) is 46.2 Å². The molecule has 0 aliphatic carbocycles. The van der Waals surface area contributed by atoms with Gasteiger partial charge in [-0.25, -0.2) is 0 Å². The van der Waals surface area contributed by atoms with Crippen molar-refractivity contribution in [3.8, 4) is 11.5 Å². The average Bonchev–Trinajstić information content (AvgIpc) is 2.55. The highest BCUT2D eigenvalue weighted by Crippen LogP contribution is 2.34. The van der Waals surface area contributed by atoms with Crippen LogP contribution in [-0.2, 0) is 27.2 Å². The number of hydrogen-bond donors (Lipinski definition) is 0. The molecule has 2 rings (SSSR count). The zero-order chi connectivity index (χ0) is 18.4. The number of ether oxygens (including phenoxy) is 5. The first-order valence-electron chi connectivity index (χ1n) is 9.00. The van der Waals surface area contributed by atoms with Crippen LogP contribution in [0.3, 0.4) is 0 Å². The molecule has 2 atom stereocenters. The Morgan fingerprint density at radius 2 is 1.80 bits per heavy atom. The highest BCUT2D eigenvalue weighted by molar-refractivity contribution is 5.46. The predicted molar refractivity (Wildman–Crippen MR) is 97.3 cm³/mol. The molecule has 1 saturated heterocycles. The van der Waals surface area contributed by atoms with Gasteiger partial charge < -0.3 is 23.7 Å². The van der Waals surface area contributed by atoms with Gasteiger partial charge in [0.2, 0.25) is 0 Å². The Labute approximate surface area is 151 Å². The van der Waals surface area contributed by atoms with Crippen LogP contribution >= 0.6 is 0 Å². The second kappa shape index (κ2) is 8.88. The Kier molecular flexibility index (Phi) is 7.11. The zero-order valence-corrected chi connectivity index (χ0v) is 16.4. The van der Waals surface area contributed by atoms with Gasteiger partial charge in [0.05, 0.1) is 33.0 Å². The van der Waals surface area contributed by atoms with E-state index in [0.717, 1.165) is 48.3 Å². The summed E-state index contributed by atoms with van der Waals surface area (Å²) in [5.41, 5.74) is 2.18. The second-order valence-electron chi connectivity index (χ2n) is 7.01. The SMILES string of the molecule is CCC[C@H]1C[C@H](Cc2cc(OC)cc(OC)c2COC)OC(C)(C)O1. The van der Waals surface area contributed by atoms with Crippen LogP contribution in [0, 0.1) is 0 Å². The molecule has 0 saturated carbocycles. The lowest BCUT2D eigenvalue weighted by Gasteiger charge is -2.41. The van der Waals surface area contributed by atoms with Gasteiger partial charge in [-0.2, -0.15) is 0 Å². The lowest BCUT2D eigenvalue weighted by molar-refractivity contribution is -0.299. The van der Waals surface area contributed by atoms with Gasteiger partial charge in [-0.3, -0.25) is 0 Å². The molecule has 1 fully saturated rings. The summed E-state index contributed by atoms with van der Waals surface area (Å²) in [6.45, 7) is 6.66. The summed E-state index contributed by atoms with van der Waals surface area (Å²) in [4.78, 5) is 0. The van der Waals surface area contributed by atoms with Crippen LogP contribution < -0.4 is 9.47 Å². The Morgan fingerprint density at radius 3 is 2.40 bits per heavy atom. The summed E-state index contributed by atoms with van der Waals surface area (Å²) in [5, 5.41) is 0. The molecule has 1 heterocycles. The number of rotatable bonds is 8. The minimum Gasteiger partial charge on any atom is -0.497 e. The molecule has 0 bridgehead atoms.